The van der Waals surface area contributed by atoms with Gasteiger partial charge in [0.25, 0.3) is 5.91 Å². The van der Waals surface area contributed by atoms with Crippen molar-refractivity contribution in [2.45, 2.75) is 0 Å². The van der Waals surface area contributed by atoms with E-state index in [9.17, 15) is 9.59 Å². The van der Waals surface area contributed by atoms with E-state index in [1.54, 1.807) is 36.7 Å². The van der Waals surface area contributed by atoms with E-state index in [0.29, 0.717) is 27.5 Å². The molecule has 0 radical (unpaired) electrons. The first-order chi connectivity index (χ1) is 15.6. The van der Waals surface area contributed by atoms with E-state index in [2.05, 4.69) is 37.5 Å². The minimum absolute atomic E-state index is 0.0435. The molecular formula is C22H17N7O2S. The number of nitrogens with one attached hydrogen (secondary N) is 4. The molecule has 4 rings (SSSR count). The van der Waals surface area contributed by atoms with Crippen molar-refractivity contribution < 1.29 is 9.59 Å². The van der Waals surface area contributed by atoms with Gasteiger partial charge in [-0.05, 0) is 36.4 Å². The van der Waals surface area contributed by atoms with E-state index in [1.165, 1.54) is 17.4 Å². The summed E-state index contributed by atoms with van der Waals surface area (Å²) in [5.74, 6) is -0.0643. The second-order valence-electron chi connectivity index (χ2n) is 6.56. The number of nitriles is 1. The summed E-state index contributed by atoms with van der Waals surface area (Å²) in [7, 11) is 0. The molecule has 0 atom stereocenters. The van der Waals surface area contributed by atoms with Crippen molar-refractivity contribution in [3.05, 3.63) is 66.3 Å². The number of hydrogen-bond acceptors (Lipinski definition) is 7. The summed E-state index contributed by atoms with van der Waals surface area (Å²) in [5, 5.41) is 17.1. The molecule has 4 N–H and O–H groups in total. The summed E-state index contributed by atoms with van der Waals surface area (Å²) >= 11 is 1.31. The number of nitrogens with zero attached hydrogens (tertiary/aromatic N) is 3. The van der Waals surface area contributed by atoms with Crippen LogP contribution in [0, 0.1) is 11.3 Å². The average Bonchev–Trinajstić information content (AvgIpc) is 3.44. The van der Waals surface area contributed by atoms with E-state index in [0.717, 1.165) is 16.1 Å². The van der Waals surface area contributed by atoms with E-state index in [4.69, 9.17) is 5.26 Å². The highest BCUT2D eigenvalue weighted by molar-refractivity contribution is 7.17. The van der Waals surface area contributed by atoms with Crippen LogP contribution in [0.4, 0.5) is 17.2 Å². The lowest BCUT2D eigenvalue weighted by Gasteiger charge is -2.08. The van der Waals surface area contributed by atoms with Crippen LogP contribution in [0.15, 0.2) is 61.4 Å². The third-order valence-electron chi connectivity index (χ3n) is 4.39. The molecule has 1 aromatic carbocycles. The van der Waals surface area contributed by atoms with Gasteiger partial charge in [0, 0.05) is 28.0 Å². The Labute approximate surface area is 186 Å². The topological polar surface area (TPSA) is 136 Å². The smallest absolute Gasteiger partial charge is 0.262 e. The summed E-state index contributed by atoms with van der Waals surface area (Å²) in [6.45, 7) is 3.40. The SMILES string of the molecule is C=CC(=O)Nc1cccc(Nc2cnc3[nH]cc(-c4ccc(C(=O)NCC#N)s4)c3n2)c1. The van der Waals surface area contributed by atoms with Crippen LogP contribution in [0.25, 0.3) is 21.6 Å². The molecule has 158 valence electrons. The maximum Gasteiger partial charge on any atom is 0.262 e. The normalized spacial score (nSPS) is 10.3. The Balaban J connectivity index is 1.59. The summed E-state index contributed by atoms with van der Waals surface area (Å²) in [4.78, 5) is 37.1. The van der Waals surface area contributed by atoms with Gasteiger partial charge in [0.1, 0.15) is 17.9 Å². The predicted octanol–water partition coefficient (Wildman–Crippen LogP) is 3.81. The van der Waals surface area contributed by atoms with Crippen molar-refractivity contribution in [1.82, 2.24) is 20.3 Å². The number of hydrogen-bond donors (Lipinski definition) is 4. The highest BCUT2D eigenvalue weighted by Crippen LogP contribution is 2.33. The van der Waals surface area contributed by atoms with E-state index in [-0.39, 0.29) is 18.4 Å². The first-order valence-electron chi connectivity index (χ1n) is 9.47. The number of carbonyl (C=O) groups excluding carboxylic acids is 2. The molecular weight excluding hydrogens is 426 g/mol. The van der Waals surface area contributed by atoms with Gasteiger partial charge >= 0.3 is 0 Å². The summed E-state index contributed by atoms with van der Waals surface area (Å²) in [6.07, 6.45) is 4.60. The van der Waals surface area contributed by atoms with Crippen LogP contribution in [0.5, 0.6) is 0 Å². The minimum atomic E-state index is -0.294. The van der Waals surface area contributed by atoms with Crippen LogP contribution < -0.4 is 16.0 Å². The zero-order chi connectivity index (χ0) is 22.5. The predicted molar refractivity (Wildman–Crippen MR) is 124 cm³/mol. The summed E-state index contributed by atoms with van der Waals surface area (Å²) in [5.41, 5.74) is 3.42. The van der Waals surface area contributed by atoms with Crippen LogP contribution in [0.3, 0.4) is 0 Å². The first-order valence-corrected chi connectivity index (χ1v) is 10.3. The molecule has 0 spiro atoms. The minimum Gasteiger partial charge on any atom is -0.344 e. The van der Waals surface area contributed by atoms with Crippen molar-refractivity contribution in [1.29, 1.82) is 5.26 Å². The Morgan fingerprint density at radius 3 is 2.91 bits per heavy atom. The van der Waals surface area contributed by atoms with E-state index < -0.39 is 0 Å². The Kier molecular flexibility index (Phi) is 5.91. The summed E-state index contributed by atoms with van der Waals surface area (Å²) in [6, 6.07) is 12.6. The van der Waals surface area contributed by atoms with Gasteiger partial charge in [-0.15, -0.1) is 11.3 Å². The second-order valence-corrected chi connectivity index (χ2v) is 7.64. The van der Waals surface area contributed by atoms with E-state index in [1.807, 2.05) is 18.2 Å². The molecule has 0 fully saturated rings. The van der Waals surface area contributed by atoms with Gasteiger partial charge in [-0.2, -0.15) is 5.26 Å². The lowest BCUT2D eigenvalue weighted by atomic mass is 10.2. The summed E-state index contributed by atoms with van der Waals surface area (Å²) < 4.78 is 0. The molecule has 0 aliphatic carbocycles. The maximum atomic E-state index is 12.1. The zero-order valence-electron chi connectivity index (χ0n) is 16.7. The molecule has 0 bridgehead atoms. The van der Waals surface area contributed by atoms with Crippen molar-refractivity contribution >= 4 is 51.5 Å². The molecule has 3 aromatic heterocycles. The van der Waals surface area contributed by atoms with Crippen LogP contribution in [0.1, 0.15) is 9.67 Å². The Morgan fingerprint density at radius 1 is 1.25 bits per heavy atom. The monoisotopic (exact) mass is 443 g/mol. The lowest BCUT2D eigenvalue weighted by Crippen LogP contribution is -2.22. The Morgan fingerprint density at radius 2 is 2.09 bits per heavy atom. The molecule has 10 heteroatoms. The van der Waals surface area contributed by atoms with Crippen LogP contribution in [0.2, 0.25) is 0 Å². The van der Waals surface area contributed by atoms with Crippen LogP contribution in [-0.4, -0.2) is 33.3 Å². The van der Waals surface area contributed by atoms with Crippen molar-refractivity contribution in [3.8, 4) is 16.5 Å². The molecule has 0 aliphatic heterocycles. The van der Waals surface area contributed by atoms with Crippen molar-refractivity contribution in [2.75, 3.05) is 17.2 Å². The Bertz CT molecular complexity index is 1370. The van der Waals surface area contributed by atoms with Gasteiger partial charge in [-0.1, -0.05) is 12.6 Å². The first kappa shape index (κ1) is 20.8. The number of carbonyl (C=O) groups is 2. The molecule has 32 heavy (non-hydrogen) atoms. The fourth-order valence-corrected chi connectivity index (χ4v) is 3.91. The Hall–Kier alpha value is -4.49. The molecule has 2 amide bonds. The number of aromatic nitrogens is 3. The number of rotatable bonds is 7. The third kappa shape index (κ3) is 4.48. The highest BCUT2D eigenvalue weighted by Gasteiger charge is 2.15. The molecule has 0 saturated heterocycles. The number of anilines is 3. The number of H-pyrrole nitrogens is 1. The van der Waals surface area contributed by atoms with Gasteiger partial charge in [0.2, 0.25) is 5.91 Å². The molecule has 0 unspecified atom stereocenters. The fraction of sp³-hybridized carbons (Fsp3) is 0.0455. The number of aromatic amines is 1. The van der Waals surface area contributed by atoms with Crippen molar-refractivity contribution in [3.63, 3.8) is 0 Å². The largest absolute Gasteiger partial charge is 0.344 e. The van der Waals surface area contributed by atoms with Gasteiger partial charge in [-0.3, -0.25) is 9.59 Å². The van der Waals surface area contributed by atoms with Gasteiger partial charge in [0.15, 0.2) is 5.65 Å². The molecule has 9 nitrogen and oxygen atoms in total. The number of thiophene rings is 1. The van der Waals surface area contributed by atoms with Crippen molar-refractivity contribution in [2.24, 2.45) is 0 Å². The van der Waals surface area contributed by atoms with Crippen LogP contribution >= 0.6 is 11.3 Å². The molecule has 0 saturated carbocycles. The number of fused-ring (bicyclic) bond motifs is 1. The quantitative estimate of drug-likeness (QED) is 0.253. The second kappa shape index (κ2) is 9.11. The van der Waals surface area contributed by atoms with Gasteiger partial charge in [-0.25, -0.2) is 9.97 Å². The molecule has 0 aliphatic rings. The molecule has 3 heterocycles. The van der Waals surface area contributed by atoms with Gasteiger partial charge in [0.05, 0.1) is 17.1 Å². The number of benzene rings is 1. The number of amides is 2. The van der Waals surface area contributed by atoms with Gasteiger partial charge < -0.3 is 20.9 Å². The average molecular weight is 443 g/mol. The maximum absolute atomic E-state index is 12.1. The van der Waals surface area contributed by atoms with Crippen LogP contribution in [-0.2, 0) is 4.79 Å². The van der Waals surface area contributed by atoms with E-state index >= 15 is 0 Å². The fourth-order valence-electron chi connectivity index (χ4n) is 2.97. The highest BCUT2D eigenvalue weighted by atomic mass is 32.1. The zero-order valence-corrected chi connectivity index (χ0v) is 17.5. The lowest BCUT2D eigenvalue weighted by molar-refractivity contribution is -0.111. The third-order valence-corrected chi connectivity index (χ3v) is 5.51. The molecule has 4 aromatic rings. The standard InChI is InChI=1S/C22H17N7O2S/c1-2-19(30)28-14-5-3-4-13(10-14)27-18-12-26-21-20(29-18)15(11-25-21)16-6-7-17(32-16)22(31)24-9-8-23/h2-7,10-12H,1,9H2,(H,24,31)(H,25,26)(H,27,29)(H,28,30).